The van der Waals surface area contributed by atoms with Crippen LogP contribution in [-0.4, -0.2) is 30.9 Å². The summed E-state index contributed by atoms with van der Waals surface area (Å²) in [4.78, 5) is 29.4. The standard InChI is InChI=1S/C17H15N3O3/c21-15(12-23-14-9-5-2-6-10-14)19-17-18-11-16(22)20(17)13-7-3-1-4-8-13/h1-10H,11-12H2,(H,18,19,21). The number of anilines is 1. The molecule has 0 unspecified atom stereocenters. The molecular formula is C17H15N3O3. The Hall–Kier alpha value is -3.15. The molecule has 0 bridgehead atoms. The Kier molecular flexibility index (Phi) is 4.33. The molecule has 0 radical (unpaired) electrons. The van der Waals surface area contributed by atoms with E-state index in [9.17, 15) is 9.59 Å². The Bertz CT molecular complexity index is 729. The molecule has 0 spiro atoms. The second-order valence-electron chi connectivity index (χ2n) is 4.85. The minimum atomic E-state index is -0.372. The van der Waals surface area contributed by atoms with E-state index in [0.717, 1.165) is 0 Å². The number of rotatable bonds is 4. The van der Waals surface area contributed by atoms with Crippen LogP contribution in [-0.2, 0) is 9.59 Å². The fourth-order valence-electron chi connectivity index (χ4n) is 2.17. The molecule has 1 aliphatic heterocycles. The van der Waals surface area contributed by atoms with Gasteiger partial charge in [0.1, 0.15) is 12.3 Å². The first kappa shape index (κ1) is 14.8. The highest BCUT2D eigenvalue weighted by Gasteiger charge is 2.28. The third-order valence-electron chi connectivity index (χ3n) is 3.20. The topological polar surface area (TPSA) is 71.0 Å². The predicted molar refractivity (Wildman–Crippen MR) is 86.3 cm³/mol. The summed E-state index contributed by atoms with van der Waals surface area (Å²) < 4.78 is 5.38. The number of benzene rings is 2. The van der Waals surface area contributed by atoms with Crippen LogP contribution < -0.4 is 15.0 Å². The number of hydrogen-bond acceptors (Lipinski definition) is 4. The van der Waals surface area contributed by atoms with Crippen LogP contribution in [0.25, 0.3) is 0 Å². The SMILES string of the molecule is O=C(COc1ccccc1)NC1=NCC(=O)N1c1ccccc1. The molecule has 0 fully saturated rings. The Balaban J connectivity index is 1.62. The van der Waals surface area contributed by atoms with E-state index in [2.05, 4.69) is 10.3 Å². The van der Waals surface area contributed by atoms with Crippen LogP contribution in [0, 0.1) is 0 Å². The molecule has 2 aromatic rings. The van der Waals surface area contributed by atoms with Gasteiger partial charge in [-0.25, -0.2) is 9.89 Å². The normalized spacial score (nSPS) is 13.7. The zero-order chi connectivity index (χ0) is 16.1. The van der Waals surface area contributed by atoms with Gasteiger partial charge in [0.2, 0.25) is 5.96 Å². The first-order valence-corrected chi connectivity index (χ1v) is 7.14. The van der Waals surface area contributed by atoms with Gasteiger partial charge in [0.15, 0.2) is 6.61 Å². The first-order valence-electron chi connectivity index (χ1n) is 7.14. The van der Waals surface area contributed by atoms with Crippen molar-refractivity contribution in [2.24, 2.45) is 4.99 Å². The van der Waals surface area contributed by atoms with Crippen LogP contribution in [0.5, 0.6) is 5.75 Å². The van der Waals surface area contributed by atoms with Gasteiger partial charge in [-0.05, 0) is 24.3 Å². The van der Waals surface area contributed by atoms with E-state index >= 15 is 0 Å². The van der Waals surface area contributed by atoms with Gasteiger partial charge >= 0.3 is 0 Å². The summed E-state index contributed by atoms with van der Waals surface area (Å²) in [5.41, 5.74) is 0.665. The molecule has 2 amide bonds. The summed E-state index contributed by atoms with van der Waals surface area (Å²) in [6.07, 6.45) is 0. The molecule has 0 aliphatic carbocycles. The quantitative estimate of drug-likeness (QED) is 0.932. The molecule has 3 rings (SSSR count). The summed E-state index contributed by atoms with van der Waals surface area (Å²) in [5.74, 6) is 0.272. The lowest BCUT2D eigenvalue weighted by Crippen LogP contribution is -2.45. The molecule has 116 valence electrons. The summed E-state index contributed by atoms with van der Waals surface area (Å²) >= 11 is 0. The molecule has 1 heterocycles. The van der Waals surface area contributed by atoms with Crippen molar-refractivity contribution in [2.45, 2.75) is 0 Å². The number of carbonyl (C=O) groups excluding carboxylic acids is 2. The van der Waals surface area contributed by atoms with Gasteiger partial charge < -0.3 is 4.74 Å². The number of nitrogens with one attached hydrogen (secondary N) is 1. The maximum atomic E-state index is 12.0. The zero-order valence-corrected chi connectivity index (χ0v) is 12.3. The van der Waals surface area contributed by atoms with Gasteiger partial charge in [0.25, 0.3) is 11.8 Å². The fraction of sp³-hybridized carbons (Fsp3) is 0.118. The second-order valence-corrected chi connectivity index (χ2v) is 4.85. The summed E-state index contributed by atoms with van der Waals surface area (Å²) in [7, 11) is 0. The Labute approximate surface area is 133 Å². The minimum Gasteiger partial charge on any atom is -0.484 e. The molecule has 0 atom stereocenters. The van der Waals surface area contributed by atoms with Gasteiger partial charge in [-0.3, -0.25) is 14.9 Å². The fourth-order valence-corrected chi connectivity index (χ4v) is 2.17. The third kappa shape index (κ3) is 3.55. The number of nitrogens with zero attached hydrogens (tertiary/aromatic N) is 2. The zero-order valence-electron chi connectivity index (χ0n) is 12.3. The van der Waals surface area contributed by atoms with E-state index in [1.54, 1.807) is 24.3 Å². The van der Waals surface area contributed by atoms with Gasteiger partial charge in [0.05, 0.1) is 5.69 Å². The lowest BCUT2D eigenvalue weighted by atomic mass is 10.3. The predicted octanol–water partition coefficient (Wildman–Crippen LogP) is 1.58. The third-order valence-corrected chi connectivity index (χ3v) is 3.20. The number of guanidine groups is 1. The van der Waals surface area contributed by atoms with Crippen LogP contribution in [0.3, 0.4) is 0 Å². The van der Waals surface area contributed by atoms with E-state index < -0.39 is 0 Å². The molecule has 0 saturated heterocycles. The number of aliphatic imine (C=N–C) groups is 1. The Morgan fingerprint density at radius 2 is 1.74 bits per heavy atom. The van der Waals surface area contributed by atoms with Crippen LogP contribution in [0.1, 0.15) is 0 Å². The highest BCUT2D eigenvalue weighted by atomic mass is 16.5. The van der Waals surface area contributed by atoms with E-state index in [-0.39, 0.29) is 30.9 Å². The van der Waals surface area contributed by atoms with E-state index in [1.807, 2.05) is 36.4 Å². The molecule has 23 heavy (non-hydrogen) atoms. The number of para-hydroxylation sites is 2. The van der Waals surface area contributed by atoms with E-state index in [1.165, 1.54) is 4.90 Å². The molecule has 6 nitrogen and oxygen atoms in total. The largest absolute Gasteiger partial charge is 0.484 e. The summed E-state index contributed by atoms with van der Waals surface area (Å²) in [6.45, 7) is -0.135. The molecule has 6 heteroatoms. The number of hydrogen-bond donors (Lipinski definition) is 1. The average Bonchev–Trinajstić information content (AvgIpc) is 2.95. The molecule has 2 aromatic carbocycles. The molecule has 0 saturated carbocycles. The van der Waals surface area contributed by atoms with Gasteiger partial charge in [-0.2, -0.15) is 0 Å². The monoisotopic (exact) mass is 309 g/mol. The van der Waals surface area contributed by atoms with Crippen LogP contribution in [0.2, 0.25) is 0 Å². The first-order chi connectivity index (χ1) is 11.2. The molecule has 1 aliphatic rings. The van der Waals surface area contributed by atoms with Crippen LogP contribution >= 0.6 is 0 Å². The average molecular weight is 309 g/mol. The maximum absolute atomic E-state index is 12.0. The van der Waals surface area contributed by atoms with Crippen LogP contribution in [0.15, 0.2) is 65.7 Å². The van der Waals surface area contributed by atoms with Crippen molar-refractivity contribution < 1.29 is 14.3 Å². The van der Waals surface area contributed by atoms with Gasteiger partial charge in [-0.1, -0.05) is 36.4 Å². The van der Waals surface area contributed by atoms with Crippen molar-refractivity contribution in [2.75, 3.05) is 18.1 Å². The lowest BCUT2D eigenvalue weighted by molar-refractivity contribution is -0.121. The minimum absolute atomic E-state index is 0.0179. The Morgan fingerprint density at radius 3 is 2.43 bits per heavy atom. The molecular weight excluding hydrogens is 294 g/mol. The van der Waals surface area contributed by atoms with Crippen molar-refractivity contribution in [1.29, 1.82) is 0 Å². The molecule has 1 N–H and O–H groups in total. The second kappa shape index (κ2) is 6.74. The van der Waals surface area contributed by atoms with E-state index in [4.69, 9.17) is 4.74 Å². The Morgan fingerprint density at radius 1 is 1.09 bits per heavy atom. The van der Waals surface area contributed by atoms with E-state index in [0.29, 0.717) is 11.4 Å². The van der Waals surface area contributed by atoms with Crippen molar-refractivity contribution in [3.63, 3.8) is 0 Å². The van der Waals surface area contributed by atoms with Crippen LogP contribution in [0.4, 0.5) is 5.69 Å². The van der Waals surface area contributed by atoms with Gasteiger partial charge in [-0.15, -0.1) is 0 Å². The van der Waals surface area contributed by atoms with Crippen molar-refractivity contribution >= 4 is 23.5 Å². The van der Waals surface area contributed by atoms with Crippen molar-refractivity contribution in [3.8, 4) is 5.75 Å². The number of ether oxygens (including phenoxy) is 1. The summed E-state index contributed by atoms with van der Waals surface area (Å²) in [6, 6.07) is 18.1. The highest BCUT2D eigenvalue weighted by molar-refractivity contribution is 6.23. The molecule has 0 aromatic heterocycles. The van der Waals surface area contributed by atoms with Crippen molar-refractivity contribution in [1.82, 2.24) is 5.32 Å². The number of carbonyl (C=O) groups is 2. The lowest BCUT2D eigenvalue weighted by Gasteiger charge is -2.18. The smallest absolute Gasteiger partial charge is 0.264 e. The number of amides is 2. The highest BCUT2D eigenvalue weighted by Crippen LogP contribution is 2.17. The summed E-state index contributed by atoms with van der Waals surface area (Å²) in [5, 5.41) is 2.62. The maximum Gasteiger partial charge on any atom is 0.264 e. The van der Waals surface area contributed by atoms with Crippen molar-refractivity contribution in [3.05, 3.63) is 60.7 Å². The van der Waals surface area contributed by atoms with Gasteiger partial charge in [0, 0.05) is 0 Å².